The van der Waals surface area contributed by atoms with Crippen LogP contribution in [0.2, 0.25) is 5.02 Å². The summed E-state index contributed by atoms with van der Waals surface area (Å²) in [4.78, 5) is 0. The lowest BCUT2D eigenvalue weighted by atomic mass is 10.0. The van der Waals surface area contributed by atoms with Crippen LogP contribution in [0.1, 0.15) is 12.5 Å². The highest BCUT2D eigenvalue weighted by Gasteiger charge is 2.36. The molecule has 1 atom stereocenters. The molecule has 0 aliphatic heterocycles. The van der Waals surface area contributed by atoms with Crippen LogP contribution in [0, 0.1) is 0 Å². The second-order valence-electron chi connectivity index (χ2n) is 3.26. The predicted molar refractivity (Wildman–Crippen MR) is 55.5 cm³/mol. The Labute approximate surface area is 92.0 Å². The van der Waals surface area contributed by atoms with E-state index in [9.17, 15) is 8.78 Å². The summed E-state index contributed by atoms with van der Waals surface area (Å²) in [6, 6.07) is 2.56. The molecule has 0 amide bonds. The minimum absolute atomic E-state index is 0.148. The van der Waals surface area contributed by atoms with E-state index in [0.717, 1.165) is 0 Å². The number of rotatable bonds is 3. The van der Waals surface area contributed by atoms with Crippen molar-refractivity contribution in [1.82, 2.24) is 0 Å². The standard InChI is InChI=1S/C10H12ClF2NO/c1-6(14)10(12,13)7-3-4-9(15-2)8(11)5-7/h3-6H,14H2,1-2H3. The second kappa shape index (κ2) is 4.33. The van der Waals surface area contributed by atoms with Crippen molar-refractivity contribution in [2.45, 2.75) is 18.9 Å². The summed E-state index contributed by atoms with van der Waals surface area (Å²) in [6.07, 6.45) is 0. The molecule has 0 saturated carbocycles. The summed E-state index contributed by atoms with van der Waals surface area (Å²) in [6.45, 7) is 1.25. The number of halogens is 3. The molecule has 0 saturated heterocycles. The molecule has 1 aromatic carbocycles. The van der Waals surface area contributed by atoms with Gasteiger partial charge in [-0.25, -0.2) is 0 Å². The zero-order chi connectivity index (χ0) is 11.6. The average molecular weight is 236 g/mol. The fourth-order valence-electron chi connectivity index (χ4n) is 1.14. The Morgan fingerprint density at radius 3 is 2.47 bits per heavy atom. The maximum absolute atomic E-state index is 13.5. The van der Waals surface area contributed by atoms with Gasteiger partial charge in [-0.15, -0.1) is 0 Å². The van der Waals surface area contributed by atoms with Gasteiger partial charge >= 0.3 is 0 Å². The highest BCUT2D eigenvalue weighted by atomic mass is 35.5. The Hall–Kier alpha value is -0.870. The molecule has 0 aliphatic carbocycles. The number of ether oxygens (including phenoxy) is 1. The van der Waals surface area contributed by atoms with Gasteiger partial charge in [0, 0.05) is 5.56 Å². The molecule has 1 unspecified atom stereocenters. The van der Waals surface area contributed by atoms with E-state index in [-0.39, 0.29) is 10.6 Å². The molecule has 15 heavy (non-hydrogen) atoms. The summed E-state index contributed by atoms with van der Waals surface area (Å²) in [5.41, 5.74) is 4.99. The van der Waals surface area contributed by atoms with Gasteiger partial charge in [0.05, 0.1) is 18.2 Å². The van der Waals surface area contributed by atoms with Crippen molar-refractivity contribution in [3.05, 3.63) is 28.8 Å². The molecule has 0 heterocycles. The van der Waals surface area contributed by atoms with Crippen molar-refractivity contribution in [3.63, 3.8) is 0 Å². The molecule has 2 nitrogen and oxygen atoms in total. The van der Waals surface area contributed by atoms with Crippen molar-refractivity contribution >= 4 is 11.6 Å². The third kappa shape index (κ3) is 2.38. The van der Waals surface area contributed by atoms with Gasteiger partial charge in [-0.05, 0) is 25.1 Å². The molecule has 0 aromatic heterocycles. The first kappa shape index (κ1) is 12.2. The van der Waals surface area contributed by atoms with Crippen LogP contribution in [-0.2, 0) is 5.92 Å². The lowest BCUT2D eigenvalue weighted by Crippen LogP contribution is -2.35. The van der Waals surface area contributed by atoms with Gasteiger partial charge in [0.2, 0.25) is 0 Å². The van der Waals surface area contributed by atoms with Crippen molar-refractivity contribution in [1.29, 1.82) is 0 Å². The zero-order valence-electron chi connectivity index (χ0n) is 8.43. The van der Waals surface area contributed by atoms with Crippen molar-refractivity contribution in [3.8, 4) is 5.75 Å². The quantitative estimate of drug-likeness (QED) is 0.875. The minimum atomic E-state index is -3.09. The highest BCUT2D eigenvalue weighted by molar-refractivity contribution is 6.32. The van der Waals surface area contributed by atoms with Gasteiger partial charge in [-0.3, -0.25) is 0 Å². The van der Waals surface area contributed by atoms with Crippen molar-refractivity contribution in [2.24, 2.45) is 5.73 Å². The molecule has 5 heteroatoms. The smallest absolute Gasteiger partial charge is 0.287 e. The molecule has 84 valence electrons. The summed E-state index contributed by atoms with van der Waals surface area (Å²) in [5, 5.41) is 0.148. The van der Waals surface area contributed by atoms with E-state index in [2.05, 4.69) is 0 Å². The van der Waals surface area contributed by atoms with Crippen molar-refractivity contribution in [2.75, 3.05) is 7.11 Å². The largest absolute Gasteiger partial charge is 0.495 e. The Morgan fingerprint density at radius 1 is 1.47 bits per heavy atom. The summed E-state index contributed by atoms with van der Waals surface area (Å²) >= 11 is 5.74. The number of hydrogen-bond donors (Lipinski definition) is 1. The van der Waals surface area contributed by atoms with Gasteiger partial charge < -0.3 is 10.5 Å². The summed E-state index contributed by atoms with van der Waals surface area (Å²) in [7, 11) is 1.42. The van der Waals surface area contributed by atoms with E-state index >= 15 is 0 Å². The van der Waals surface area contributed by atoms with E-state index in [1.54, 1.807) is 0 Å². The third-order valence-corrected chi connectivity index (χ3v) is 2.40. The van der Waals surface area contributed by atoms with Gasteiger partial charge in [0.25, 0.3) is 5.92 Å². The number of nitrogens with two attached hydrogens (primary N) is 1. The van der Waals surface area contributed by atoms with Crippen LogP contribution in [-0.4, -0.2) is 13.2 Å². The average Bonchev–Trinajstić information content (AvgIpc) is 2.17. The highest BCUT2D eigenvalue weighted by Crippen LogP contribution is 2.35. The lowest BCUT2D eigenvalue weighted by Gasteiger charge is -2.21. The number of alkyl halides is 2. The molecule has 0 spiro atoms. The van der Waals surface area contributed by atoms with Crippen LogP contribution >= 0.6 is 11.6 Å². The fraction of sp³-hybridized carbons (Fsp3) is 0.400. The number of benzene rings is 1. The first-order chi connectivity index (χ1) is 6.89. The predicted octanol–water partition coefficient (Wildman–Crippen LogP) is 2.79. The number of hydrogen-bond acceptors (Lipinski definition) is 2. The fourth-order valence-corrected chi connectivity index (χ4v) is 1.39. The second-order valence-corrected chi connectivity index (χ2v) is 3.67. The van der Waals surface area contributed by atoms with E-state index in [1.165, 1.54) is 32.2 Å². The molecule has 0 fully saturated rings. The third-order valence-electron chi connectivity index (χ3n) is 2.11. The van der Waals surface area contributed by atoms with Crippen LogP contribution in [0.25, 0.3) is 0 Å². The summed E-state index contributed by atoms with van der Waals surface area (Å²) in [5.74, 6) is -2.73. The normalized spacial score (nSPS) is 13.7. The van der Waals surface area contributed by atoms with E-state index < -0.39 is 12.0 Å². The molecular weight excluding hydrogens is 224 g/mol. The van der Waals surface area contributed by atoms with Crippen LogP contribution in [0.3, 0.4) is 0 Å². The Kier molecular flexibility index (Phi) is 3.52. The van der Waals surface area contributed by atoms with Crippen LogP contribution < -0.4 is 10.5 Å². The van der Waals surface area contributed by atoms with Crippen LogP contribution in [0.5, 0.6) is 5.75 Å². The Bertz CT molecular complexity index is 355. The first-order valence-electron chi connectivity index (χ1n) is 4.37. The monoisotopic (exact) mass is 235 g/mol. The van der Waals surface area contributed by atoms with Gasteiger partial charge in [-0.1, -0.05) is 11.6 Å². The van der Waals surface area contributed by atoms with E-state index in [0.29, 0.717) is 5.75 Å². The van der Waals surface area contributed by atoms with Gasteiger partial charge in [0.15, 0.2) is 0 Å². The minimum Gasteiger partial charge on any atom is -0.495 e. The molecule has 2 N–H and O–H groups in total. The van der Waals surface area contributed by atoms with Crippen molar-refractivity contribution < 1.29 is 13.5 Å². The summed E-state index contributed by atoms with van der Waals surface area (Å²) < 4.78 is 31.8. The molecule has 0 radical (unpaired) electrons. The maximum atomic E-state index is 13.5. The van der Waals surface area contributed by atoms with E-state index in [1.807, 2.05) is 0 Å². The van der Waals surface area contributed by atoms with Crippen LogP contribution in [0.4, 0.5) is 8.78 Å². The lowest BCUT2D eigenvalue weighted by molar-refractivity contribution is -0.0256. The molecule has 0 aliphatic rings. The SMILES string of the molecule is COc1ccc(C(F)(F)C(C)N)cc1Cl. The van der Waals surface area contributed by atoms with E-state index in [4.69, 9.17) is 22.1 Å². The molecular formula is C10H12ClF2NO. The van der Waals surface area contributed by atoms with Crippen LogP contribution in [0.15, 0.2) is 18.2 Å². The molecule has 1 rings (SSSR count). The maximum Gasteiger partial charge on any atom is 0.287 e. The van der Waals surface area contributed by atoms with Gasteiger partial charge in [0.1, 0.15) is 5.75 Å². The molecule has 1 aromatic rings. The Morgan fingerprint density at radius 2 is 2.07 bits per heavy atom. The first-order valence-corrected chi connectivity index (χ1v) is 4.74. The Balaban J connectivity index is 3.12. The topological polar surface area (TPSA) is 35.2 Å². The van der Waals surface area contributed by atoms with Gasteiger partial charge in [-0.2, -0.15) is 8.78 Å². The zero-order valence-corrected chi connectivity index (χ0v) is 9.18. The molecule has 0 bridgehead atoms. The number of methoxy groups -OCH3 is 1.